The first kappa shape index (κ1) is 12.8. The molecule has 1 N–H and O–H groups in total. The van der Waals surface area contributed by atoms with Gasteiger partial charge in [0, 0.05) is 6.67 Å². The Morgan fingerprint density at radius 2 is 1.28 bits per heavy atom. The summed E-state index contributed by atoms with van der Waals surface area (Å²) in [7, 11) is 4.14. The van der Waals surface area contributed by atoms with Crippen LogP contribution in [0.1, 0.15) is 17.2 Å². The third-order valence-corrected chi connectivity index (χ3v) is 2.88. The van der Waals surface area contributed by atoms with Crippen LogP contribution in [0.3, 0.4) is 0 Å². The van der Waals surface area contributed by atoms with Crippen LogP contribution in [0.5, 0.6) is 0 Å². The highest BCUT2D eigenvalue weighted by Crippen LogP contribution is 2.21. The van der Waals surface area contributed by atoms with Gasteiger partial charge in [0.2, 0.25) is 0 Å². The Kier molecular flexibility index (Phi) is 4.51. The number of hydrogen-bond acceptors (Lipinski definition) is 2. The maximum absolute atomic E-state index is 3.58. The minimum Gasteiger partial charge on any atom is -0.297 e. The molecule has 2 heteroatoms. The number of benzene rings is 2. The molecule has 0 radical (unpaired) electrons. The van der Waals surface area contributed by atoms with Crippen LogP contribution in [0.25, 0.3) is 0 Å². The highest BCUT2D eigenvalue weighted by Gasteiger charge is 2.12. The van der Waals surface area contributed by atoms with Crippen molar-refractivity contribution in [3.8, 4) is 0 Å². The van der Waals surface area contributed by atoms with Crippen molar-refractivity contribution >= 4 is 0 Å². The molecule has 94 valence electrons. The molecular formula is C16H20N2. The summed E-state index contributed by atoms with van der Waals surface area (Å²) in [6.45, 7) is 0.856. The molecule has 0 amide bonds. The third kappa shape index (κ3) is 3.42. The van der Waals surface area contributed by atoms with Crippen molar-refractivity contribution in [3.63, 3.8) is 0 Å². The smallest absolute Gasteiger partial charge is 0.0586 e. The SMILES string of the molecule is CN(C)CNC(c1ccccc1)c1ccccc1. The zero-order chi connectivity index (χ0) is 12.8. The molecule has 0 heterocycles. The zero-order valence-corrected chi connectivity index (χ0v) is 11.0. The van der Waals surface area contributed by atoms with Crippen LogP contribution >= 0.6 is 0 Å². The second-order valence-corrected chi connectivity index (χ2v) is 4.70. The van der Waals surface area contributed by atoms with Crippen LogP contribution in [0.2, 0.25) is 0 Å². The largest absolute Gasteiger partial charge is 0.297 e. The number of hydrogen-bond donors (Lipinski definition) is 1. The summed E-state index contributed by atoms with van der Waals surface area (Å²) in [6.07, 6.45) is 0. The molecule has 2 rings (SSSR count). The topological polar surface area (TPSA) is 15.3 Å². The summed E-state index contributed by atoms with van der Waals surface area (Å²) in [5, 5.41) is 3.58. The van der Waals surface area contributed by atoms with E-state index in [9.17, 15) is 0 Å². The lowest BCUT2D eigenvalue weighted by Gasteiger charge is -2.22. The van der Waals surface area contributed by atoms with Crippen molar-refractivity contribution in [1.82, 2.24) is 10.2 Å². The van der Waals surface area contributed by atoms with E-state index in [-0.39, 0.29) is 6.04 Å². The number of rotatable bonds is 5. The average Bonchev–Trinajstić information content (AvgIpc) is 2.41. The maximum Gasteiger partial charge on any atom is 0.0586 e. The lowest BCUT2D eigenvalue weighted by Crippen LogP contribution is -2.32. The highest BCUT2D eigenvalue weighted by atomic mass is 15.2. The molecule has 2 aromatic rings. The van der Waals surface area contributed by atoms with E-state index in [0.29, 0.717) is 0 Å². The predicted molar refractivity (Wildman–Crippen MR) is 76.4 cm³/mol. The van der Waals surface area contributed by atoms with Crippen LogP contribution in [0.15, 0.2) is 60.7 Å². The molecule has 0 aliphatic rings. The average molecular weight is 240 g/mol. The minimum atomic E-state index is 0.245. The van der Waals surface area contributed by atoms with E-state index in [2.05, 4.69) is 85.0 Å². The van der Waals surface area contributed by atoms with Gasteiger partial charge in [0.15, 0.2) is 0 Å². The lowest BCUT2D eigenvalue weighted by atomic mass is 9.99. The number of nitrogens with zero attached hydrogens (tertiary/aromatic N) is 1. The molecule has 2 aromatic carbocycles. The van der Waals surface area contributed by atoms with Gasteiger partial charge in [-0.25, -0.2) is 0 Å². The van der Waals surface area contributed by atoms with E-state index in [1.807, 2.05) is 0 Å². The summed E-state index contributed by atoms with van der Waals surface area (Å²) in [6, 6.07) is 21.4. The standard InChI is InChI=1S/C16H20N2/c1-18(2)13-17-16(14-9-5-3-6-10-14)15-11-7-4-8-12-15/h3-12,16-17H,13H2,1-2H3. The molecule has 18 heavy (non-hydrogen) atoms. The molecule has 0 spiro atoms. The van der Waals surface area contributed by atoms with E-state index >= 15 is 0 Å². The Labute approximate surface area is 109 Å². The minimum absolute atomic E-state index is 0.245. The normalized spacial score (nSPS) is 11.1. The molecule has 0 saturated carbocycles. The molecule has 0 aromatic heterocycles. The Balaban J connectivity index is 2.24. The fraction of sp³-hybridized carbons (Fsp3) is 0.250. The zero-order valence-electron chi connectivity index (χ0n) is 11.0. The monoisotopic (exact) mass is 240 g/mol. The molecular weight excluding hydrogens is 220 g/mol. The van der Waals surface area contributed by atoms with Crippen molar-refractivity contribution in [2.24, 2.45) is 0 Å². The molecule has 0 aliphatic heterocycles. The van der Waals surface area contributed by atoms with Gasteiger partial charge in [-0.3, -0.25) is 10.2 Å². The first-order chi connectivity index (χ1) is 8.77. The number of nitrogens with one attached hydrogen (secondary N) is 1. The molecule has 0 unspecified atom stereocenters. The Bertz CT molecular complexity index is 412. The summed E-state index contributed by atoms with van der Waals surface area (Å²) in [5.74, 6) is 0. The quantitative estimate of drug-likeness (QED) is 0.808. The molecule has 0 saturated heterocycles. The molecule has 0 atom stereocenters. The lowest BCUT2D eigenvalue weighted by molar-refractivity contribution is 0.353. The fourth-order valence-electron chi connectivity index (χ4n) is 1.99. The highest BCUT2D eigenvalue weighted by molar-refractivity contribution is 5.31. The van der Waals surface area contributed by atoms with Crippen LogP contribution in [-0.2, 0) is 0 Å². The van der Waals surface area contributed by atoms with Crippen molar-refractivity contribution < 1.29 is 0 Å². The first-order valence-corrected chi connectivity index (χ1v) is 6.25. The van der Waals surface area contributed by atoms with Gasteiger partial charge in [-0.2, -0.15) is 0 Å². The van der Waals surface area contributed by atoms with Crippen LogP contribution < -0.4 is 5.32 Å². The van der Waals surface area contributed by atoms with Crippen molar-refractivity contribution in [2.45, 2.75) is 6.04 Å². The Morgan fingerprint density at radius 3 is 1.67 bits per heavy atom. The van der Waals surface area contributed by atoms with E-state index < -0.39 is 0 Å². The van der Waals surface area contributed by atoms with E-state index in [4.69, 9.17) is 0 Å². The van der Waals surface area contributed by atoms with Crippen LogP contribution in [0.4, 0.5) is 0 Å². The van der Waals surface area contributed by atoms with E-state index in [0.717, 1.165) is 6.67 Å². The summed E-state index contributed by atoms with van der Waals surface area (Å²) < 4.78 is 0. The molecule has 2 nitrogen and oxygen atoms in total. The van der Waals surface area contributed by atoms with Gasteiger partial charge in [-0.15, -0.1) is 0 Å². The first-order valence-electron chi connectivity index (χ1n) is 6.25. The Morgan fingerprint density at radius 1 is 0.833 bits per heavy atom. The van der Waals surface area contributed by atoms with Gasteiger partial charge in [0.25, 0.3) is 0 Å². The van der Waals surface area contributed by atoms with E-state index in [1.54, 1.807) is 0 Å². The van der Waals surface area contributed by atoms with Gasteiger partial charge in [-0.05, 0) is 25.2 Å². The molecule has 0 aliphatic carbocycles. The second kappa shape index (κ2) is 6.34. The van der Waals surface area contributed by atoms with Crippen molar-refractivity contribution in [2.75, 3.05) is 20.8 Å². The van der Waals surface area contributed by atoms with E-state index in [1.165, 1.54) is 11.1 Å². The summed E-state index contributed by atoms with van der Waals surface area (Å²) >= 11 is 0. The molecule has 0 bridgehead atoms. The molecule has 0 fully saturated rings. The van der Waals surface area contributed by atoms with Crippen LogP contribution in [0, 0.1) is 0 Å². The summed E-state index contributed by atoms with van der Waals surface area (Å²) in [4.78, 5) is 2.14. The third-order valence-electron chi connectivity index (χ3n) is 2.88. The van der Waals surface area contributed by atoms with Gasteiger partial charge >= 0.3 is 0 Å². The van der Waals surface area contributed by atoms with Gasteiger partial charge in [-0.1, -0.05) is 60.7 Å². The Hall–Kier alpha value is -1.64. The fourth-order valence-corrected chi connectivity index (χ4v) is 1.99. The maximum atomic E-state index is 3.58. The van der Waals surface area contributed by atoms with Crippen LogP contribution in [-0.4, -0.2) is 25.7 Å². The van der Waals surface area contributed by atoms with Gasteiger partial charge in [0.05, 0.1) is 6.04 Å². The predicted octanol–water partition coefficient (Wildman–Crippen LogP) is 2.88. The van der Waals surface area contributed by atoms with Crippen molar-refractivity contribution in [3.05, 3.63) is 71.8 Å². The second-order valence-electron chi connectivity index (χ2n) is 4.70. The summed E-state index contributed by atoms with van der Waals surface area (Å²) in [5.41, 5.74) is 2.59. The van der Waals surface area contributed by atoms with Gasteiger partial charge in [0.1, 0.15) is 0 Å². The van der Waals surface area contributed by atoms with Crippen molar-refractivity contribution in [1.29, 1.82) is 0 Å². The van der Waals surface area contributed by atoms with Gasteiger partial charge < -0.3 is 0 Å².